The van der Waals surface area contributed by atoms with E-state index in [9.17, 15) is 18.0 Å². The molecule has 38 heavy (non-hydrogen) atoms. The van der Waals surface area contributed by atoms with Gasteiger partial charge in [0, 0.05) is 22.8 Å². The van der Waals surface area contributed by atoms with Crippen LogP contribution in [0.15, 0.2) is 53.4 Å². The van der Waals surface area contributed by atoms with Crippen molar-refractivity contribution in [2.45, 2.75) is 38.6 Å². The van der Waals surface area contributed by atoms with Gasteiger partial charge in [0.2, 0.25) is 0 Å². The standard InChI is InChI=1S/C27H30ClN3O5S.ClH/c1-15-12-24(16(2)11-22(15)28)37(34,35)31-21-8-6-7-19(13-21)20-9-17(3)25(18(4)10-20)26(32)30-23(14-29)27(33)36-5;/h6-13,23,31H,14,29H2,1-5H3,(H,30,32);1H/t23-;/m0./s1. The number of anilines is 1. The maximum Gasteiger partial charge on any atom is 0.329 e. The van der Waals surface area contributed by atoms with Crippen molar-refractivity contribution < 1.29 is 22.7 Å². The fourth-order valence-corrected chi connectivity index (χ4v) is 5.67. The molecule has 3 aromatic rings. The summed E-state index contributed by atoms with van der Waals surface area (Å²) >= 11 is 6.13. The highest BCUT2D eigenvalue weighted by molar-refractivity contribution is 7.92. The molecular weight excluding hydrogens is 549 g/mol. The van der Waals surface area contributed by atoms with Crippen LogP contribution >= 0.6 is 24.0 Å². The summed E-state index contributed by atoms with van der Waals surface area (Å²) < 4.78 is 33.5. The van der Waals surface area contributed by atoms with Crippen LogP contribution in [-0.2, 0) is 19.6 Å². The average molecular weight is 581 g/mol. The summed E-state index contributed by atoms with van der Waals surface area (Å²) in [6.07, 6.45) is 0. The van der Waals surface area contributed by atoms with Gasteiger partial charge in [-0.05, 0) is 85.3 Å². The van der Waals surface area contributed by atoms with E-state index in [-0.39, 0.29) is 23.8 Å². The first-order valence-corrected chi connectivity index (χ1v) is 13.3. The third-order valence-corrected chi connectivity index (χ3v) is 7.91. The molecule has 0 radical (unpaired) electrons. The zero-order chi connectivity index (χ0) is 27.5. The Bertz CT molecular complexity index is 1450. The molecule has 0 bridgehead atoms. The van der Waals surface area contributed by atoms with E-state index in [1.807, 2.05) is 18.2 Å². The van der Waals surface area contributed by atoms with Crippen LogP contribution in [-0.4, -0.2) is 40.0 Å². The molecule has 1 amide bonds. The summed E-state index contributed by atoms with van der Waals surface area (Å²) in [5.41, 5.74) is 10.6. The van der Waals surface area contributed by atoms with E-state index >= 15 is 0 Å². The van der Waals surface area contributed by atoms with Crippen molar-refractivity contribution in [1.29, 1.82) is 0 Å². The molecule has 0 heterocycles. The number of nitrogens with one attached hydrogen (secondary N) is 2. The van der Waals surface area contributed by atoms with Gasteiger partial charge in [-0.1, -0.05) is 35.9 Å². The van der Waals surface area contributed by atoms with Crippen LogP contribution in [0.25, 0.3) is 11.1 Å². The van der Waals surface area contributed by atoms with E-state index in [4.69, 9.17) is 17.3 Å². The number of amides is 1. The molecule has 11 heteroatoms. The maximum absolute atomic E-state index is 13.1. The van der Waals surface area contributed by atoms with E-state index in [0.29, 0.717) is 38.5 Å². The second kappa shape index (κ2) is 12.6. The Morgan fingerprint density at radius 1 is 0.947 bits per heavy atom. The van der Waals surface area contributed by atoms with Crippen molar-refractivity contribution in [3.05, 3.63) is 81.4 Å². The Hall–Kier alpha value is -3.11. The van der Waals surface area contributed by atoms with Crippen molar-refractivity contribution >= 4 is 51.6 Å². The SMILES string of the molecule is COC(=O)[C@H](CN)NC(=O)c1c(C)cc(-c2cccc(NS(=O)(=O)c3cc(C)c(Cl)cc3C)c2)cc1C.Cl. The smallest absolute Gasteiger partial charge is 0.329 e. The molecule has 3 rings (SSSR count). The van der Waals surface area contributed by atoms with E-state index in [0.717, 1.165) is 11.1 Å². The van der Waals surface area contributed by atoms with Gasteiger partial charge < -0.3 is 15.8 Å². The molecule has 4 N–H and O–H groups in total. The number of halogens is 2. The number of nitrogens with two attached hydrogens (primary N) is 1. The van der Waals surface area contributed by atoms with Crippen molar-refractivity contribution in [2.75, 3.05) is 18.4 Å². The van der Waals surface area contributed by atoms with E-state index in [1.165, 1.54) is 7.11 Å². The summed E-state index contributed by atoms with van der Waals surface area (Å²) in [5, 5.41) is 3.12. The van der Waals surface area contributed by atoms with Crippen molar-refractivity contribution in [1.82, 2.24) is 5.32 Å². The Kier molecular flexibility index (Phi) is 10.3. The first kappa shape index (κ1) is 31.1. The number of methoxy groups -OCH3 is 1. The van der Waals surface area contributed by atoms with Gasteiger partial charge in [-0.25, -0.2) is 13.2 Å². The average Bonchev–Trinajstić information content (AvgIpc) is 2.83. The topological polar surface area (TPSA) is 128 Å². The second-order valence-electron chi connectivity index (χ2n) is 8.82. The van der Waals surface area contributed by atoms with Gasteiger partial charge in [0.1, 0.15) is 6.04 Å². The van der Waals surface area contributed by atoms with Gasteiger partial charge in [0.05, 0.1) is 12.0 Å². The van der Waals surface area contributed by atoms with Crippen LogP contribution in [0.4, 0.5) is 5.69 Å². The number of sulfonamides is 1. The lowest BCUT2D eigenvalue weighted by atomic mass is 9.94. The minimum absolute atomic E-state index is 0. The molecule has 0 aliphatic rings. The molecule has 0 spiro atoms. The first-order chi connectivity index (χ1) is 17.4. The number of carbonyl (C=O) groups excluding carboxylic acids is 2. The number of hydrogen-bond donors (Lipinski definition) is 3. The maximum atomic E-state index is 13.1. The molecule has 3 aromatic carbocycles. The molecule has 8 nitrogen and oxygen atoms in total. The zero-order valence-corrected chi connectivity index (χ0v) is 24.1. The van der Waals surface area contributed by atoms with Gasteiger partial charge >= 0.3 is 5.97 Å². The number of hydrogen-bond acceptors (Lipinski definition) is 6. The Labute approximate surface area is 234 Å². The Morgan fingerprint density at radius 2 is 1.58 bits per heavy atom. The highest BCUT2D eigenvalue weighted by atomic mass is 35.5. The van der Waals surface area contributed by atoms with E-state index in [1.54, 1.807) is 58.0 Å². The van der Waals surface area contributed by atoms with Gasteiger partial charge in [0.15, 0.2) is 0 Å². The summed E-state index contributed by atoms with van der Waals surface area (Å²) in [5.74, 6) is -1.05. The molecule has 0 saturated heterocycles. The van der Waals surface area contributed by atoms with Crippen LogP contribution in [0.1, 0.15) is 32.6 Å². The predicted octanol–water partition coefficient (Wildman–Crippen LogP) is 4.69. The van der Waals surface area contributed by atoms with E-state index in [2.05, 4.69) is 14.8 Å². The normalized spacial score (nSPS) is 11.8. The van der Waals surface area contributed by atoms with Crippen molar-refractivity contribution in [2.24, 2.45) is 5.73 Å². The van der Waals surface area contributed by atoms with Crippen molar-refractivity contribution in [3.63, 3.8) is 0 Å². The van der Waals surface area contributed by atoms with Crippen LogP contribution in [0.2, 0.25) is 5.02 Å². The largest absolute Gasteiger partial charge is 0.467 e. The third kappa shape index (κ3) is 6.85. The lowest BCUT2D eigenvalue weighted by molar-refractivity contribution is -0.142. The number of esters is 1. The number of aryl methyl sites for hydroxylation is 4. The van der Waals surface area contributed by atoms with Crippen LogP contribution in [0.3, 0.4) is 0 Å². The quantitative estimate of drug-likeness (QED) is 0.332. The highest BCUT2D eigenvalue weighted by Gasteiger charge is 2.23. The number of rotatable bonds is 8. The Morgan fingerprint density at radius 3 is 2.16 bits per heavy atom. The molecular formula is C27H31Cl2N3O5S. The minimum Gasteiger partial charge on any atom is -0.467 e. The van der Waals surface area contributed by atoms with Crippen molar-refractivity contribution in [3.8, 4) is 11.1 Å². The molecule has 1 atom stereocenters. The van der Waals surface area contributed by atoms with Gasteiger partial charge in [0.25, 0.3) is 15.9 Å². The number of ether oxygens (including phenoxy) is 1. The molecule has 204 valence electrons. The third-order valence-electron chi connectivity index (χ3n) is 5.98. The van der Waals surface area contributed by atoms with Crippen LogP contribution in [0, 0.1) is 27.7 Å². The number of benzene rings is 3. The molecule has 0 fully saturated rings. The molecule has 0 saturated carbocycles. The van der Waals surface area contributed by atoms with Gasteiger partial charge in [-0.15, -0.1) is 12.4 Å². The van der Waals surface area contributed by atoms with Gasteiger partial charge in [-0.3, -0.25) is 9.52 Å². The van der Waals surface area contributed by atoms with Crippen LogP contribution in [0.5, 0.6) is 0 Å². The molecule has 0 aromatic heterocycles. The second-order valence-corrected chi connectivity index (χ2v) is 10.9. The summed E-state index contributed by atoms with van der Waals surface area (Å²) in [4.78, 5) is 24.9. The molecule has 0 aliphatic heterocycles. The van der Waals surface area contributed by atoms with Gasteiger partial charge in [-0.2, -0.15) is 0 Å². The fourth-order valence-electron chi connectivity index (χ4n) is 4.09. The minimum atomic E-state index is -3.85. The fraction of sp³-hybridized carbons (Fsp3) is 0.259. The summed E-state index contributed by atoms with van der Waals surface area (Å²) in [7, 11) is -2.62. The number of carbonyl (C=O) groups is 2. The highest BCUT2D eigenvalue weighted by Crippen LogP contribution is 2.30. The molecule has 0 aliphatic carbocycles. The van der Waals surface area contributed by atoms with E-state index < -0.39 is 27.9 Å². The summed E-state index contributed by atoms with van der Waals surface area (Å²) in [6, 6.07) is 12.9. The Balaban J connectivity index is 0.00000507. The first-order valence-electron chi connectivity index (χ1n) is 11.5. The lowest BCUT2D eigenvalue weighted by Crippen LogP contribution is -2.46. The monoisotopic (exact) mass is 579 g/mol. The molecule has 0 unspecified atom stereocenters. The predicted molar refractivity (Wildman–Crippen MR) is 153 cm³/mol. The zero-order valence-electron chi connectivity index (χ0n) is 21.7. The summed E-state index contributed by atoms with van der Waals surface area (Å²) in [6.45, 7) is 6.94. The van der Waals surface area contributed by atoms with Crippen LogP contribution < -0.4 is 15.8 Å². The lowest BCUT2D eigenvalue weighted by Gasteiger charge is -2.18.